The van der Waals surface area contributed by atoms with E-state index in [2.05, 4.69) is 11.9 Å². The second kappa shape index (κ2) is 5.96. The highest BCUT2D eigenvalue weighted by Crippen LogP contribution is 2.18. The van der Waals surface area contributed by atoms with Gasteiger partial charge < -0.3 is 10.0 Å². The van der Waals surface area contributed by atoms with Crippen LogP contribution in [0, 0.1) is 5.92 Å². The van der Waals surface area contributed by atoms with Gasteiger partial charge in [0.05, 0.1) is 0 Å². The lowest BCUT2D eigenvalue weighted by molar-refractivity contribution is 0.0697. The van der Waals surface area contributed by atoms with Crippen LogP contribution in [-0.2, 0) is 6.42 Å². The van der Waals surface area contributed by atoms with Crippen LogP contribution in [0.25, 0.3) is 0 Å². The number of hydrogen-bond acceptors (Lipinski definition) is 3. The van der Waals surface area contributed by atoms with E-state index in [1.165, 1.54) is 0 Å². The second-order valence-corrected chi connectivity index (χ2v) is 4.98. The minimum atomic E-state index is 0.0614. The molecule has 0 unspecified atom stereocenters. The molecule has 4 heteroatoms. The van der Waals surface area contributed by atoms with Crippen LogP contribution in [0.4, 0.5) is 0 Å². The van der Waals surface area contributed by atoms with Gasteiger partial charge in [-0.15, -0.1) is 0 Å². The minimum Gasteiger partial charge on any atom is -0.396 e. The first kappa shape index (κ1) is 13.0. The number of piperidine rings is 1. The van der Waals surface area contributed by atoms with Crippen LogP contribution >= 0.6 is 0 Å². The predicted octanol–water partition coefficient (Wildman–Crippen LogP) is 1.49. The number of pyridine rings is 1. The standard InChI is InChI=1S/C14H20N2O2/c1-11-3-7-16(8-4-11)14(18)12-2-6-15-13(10-12)5-9-17/h2,6,10-11,17H,3-5,7-9H2,1H3. The summed E-state index contributed by atoms with van der Waals surface area (Å²) >= 11 is 0. The molecule has 0 aromatic carbocycles. The zero-order valence-corrected chi connectivity index (χ0v) is 10.8. The number of nitrogens with zero attached hydrogens (tertiary/aromatic N) is 2. The van der Waals surface area contributed by atoms with Gasteiger partial charge in [-0.1, -0.05) is 6.92 Å². The molecule has 18 heavy (non-hydrogen) atoms. The number of likely N-dealkylation sites (tertiary alicyclic amines) is 1. The molecule has 1 aliphatic heterocycles. The number of carbonyl (C=O) groups is 1. The van der Waals surface area contributed by atoms with Crippen molar-refractivity contribution in [3.05, 3.63) is 29.6 Å². The molecule has 0 aliphatic carbocycles. The molecule has 1 aliphatic rings. The molecule has 0 atom stereocenters. The molecule has 1 amide bonds. The lowest BCUT2D eigenvalue weighted by Crippen LogP contribution is -2.37. The molecule has 1 saturated heterocycles. The van der Waals surface area contributed by atoms with Crippen LogP contribution in [0.3, 0.4) is 0 Å². The smallest absolute Gasteiger partial charge is 0.253 e. The predicted molar refractivity (Wildman–Crippen MR) is 69.3 cm³/mol. The molecular weight excluding hydrogens is 228 g/mol. The van der Waals surface area contributed by atoms with Crippen LogP contribution in [0.5, 0.6) is 0 Å². The Morgan fingerprint density at radius 3 is 2.89 bits per heavy atom. The number of aliphatic hydroxyl groups is 1. The monoisotopic (exact) mass is 248 g/mol. The largest absolute Gasteiger partial charge is 0.396 e. The molecule has 0 spiro atoms. The van der Waals surface area contributed by atoms with Crippen LogP contribution in [0.15, 0.2) is 18.3 Å². The fourth-order valence-corrected chi connectivity index (χ4v) is 2.26. The third-order valence-electron chi connectivity index (χ3n) is 3.50. The van der Waals surface area contributed by atoms with Crippen molar-refractivity contribution in [3.8, 4) is 0 Å². The van der Waals surface area contributed by atoms with E-state index < -0.39 is 0 Å². The number of aliphatic hydroxyl groups excluding tert-OH is 1. The molecule has 1 aromatic rings. The second-order valence-electron chi connectivity index (χ2n) is 4.98. The van der Waals surface area contributed by atoms with Crippen LogP contribution < -0.4 is 0 Å². The van der Waals surface area contributed by atoms with Crippen molar-refractivity contribution in [2.45, 2.75) is 26.2 Å². The number of hydrogen-bond donors (Lipinski definition) is 1. The van der Waals surface area contributed by atoms with Gasteiger partial charge >= 0.3 is 0 Å². The molecule has 0 saturated carbocycles. The van der Waals surface area contributed by atoms with Crippen molar-refractivity contribution in [1.82, 2.24) is 9.88 Å². The Labute approximate surface area is 108 Å². The van der Waals surface area contributed by atoms with Gasteiger partial charge in [0.25, 0.3) is 5.91 Å². The van der Waals surface area contributed by atoms with E-state index in [9.17, 15) is 4.79 Å². The molecule has 0 bridgehead atoms. The van der Waals surface area contributed by atoms with Crippen molar-refractivity contribution in [1.29, 1.82) is 0 Å². The van der Waals surface area contributed by atoms with Crippen molar-refractivity contribution < 1.29 is 9.90 Å². The fourth-order valence-electron chi connectivity index (χ4n) is 2.26. The van der Waals surface area contributed by atoms with Gasteiger partial charge in [-0.2, -0.15) is 0 Å². The van der Waals surface area contributed by atoms with E-state index in [-0.39, 0.29) is 12.5 Å². The first-order chi connectivity index (χ1) is 8.70. The first-order valence-corrected chi connectivity index (χ1v) is 6.55. The lowest BCUT2D eigenvalue weighted by Gasteiger charge is -2.30. The van der Waals surface area contributed by atoms with Crippen molar-refractivity contribution in [2.75, 3.05) is 19.7 Å². The van der Waals surface area contributed by atoms with Crippen LogP contribution in [-0.4, -0.2) is 40.6 Å². The quantitative estimate of drug-likeness (QED) is 0.881. The third-order valence-corrected chi connectivity index (χ3v) is 3.50. The molecule has 98 valence electrons. The highest BCUT2D eigenvalue weighted by Gasteiger charge is 2.21. The molecule has 2 rings (SSSR count). The zero-order valence-electron chi connectivity index (χ0n) is 10.8. The van der Waals surface area contributed by atoms with Crippen LogP contribution in [0.2, 0.25) is 0 Å². The van der Waals surface area contributed by atoms with E-state index in [0.29, 0.717) is 12.0 Å². The summed E-state index contributed by atoms with van der Waals surface area (Å²) in [5, 5.41) is 8.89. The van der Waals surface area contributed by atoms with Crippen LogP contribution in [0.1, 0.15) is 35.8 Å². The Bertz CT molecular complexity index is 412. The maximum atomic E-state index is 12.3. The van der Waals surface area contributed by atoms with E-state index in [1.807, 2.05) is 4.90 Å². The molecule has 0 radical (unpaired) electrons. The number of rotatable bonds is 3. The summed E-state index contributed by atoms with van der Waals surface area (Å²) in [5.41, 5.74) is 1.46. The van der Waals surface area contributed by atoms with Gasteiger partial charge in [0.15, 0.2) is 0 Å². The summed E-state index contributed by atoms with van der Waals surface area (Å²) < 4.78 is 0. The maximum Gasteiger partial charge on any atom is 0.253 e. The highest BCUT2D eigenvalue weighted by atomic mass is 16.3. The Morgan fingerprint density at radius 2 is 2.22 bits per heavy atom. The van der Waals surface area contributed by atoms with Crippen molar-refractivity contribution >= 4 is 5.91 Å². The average molecular weight is 248 g/mol. The Balaban J connectivity index is 2.06. The molecule has 2 heterocycles. The van der Waals surface area contributed by atoms with E-state index in [4.69, 9.17) is 5.11 Å². The van der Waals surface area contributed by atoms with Gasteiger partial charge in [0, 0.05) is 43.6 Å². The Morgan fingerprint density at radius 1 is 1.50 bits per heavy atom. The number of amides is 1. The van der Waals surface area contributed by atoms with E-state index in [0.717, 1.165) is 37.5 Å². The summed E-state index contributed by atoms with van der Waals surface area (Å²) in [5.74, 6) is 0.805. The van der Waals surface area contributed by atoms with Gasteiger partial charge in [-0.3, -0.25) is 9.78 Å². The maximum absolute atomic E-state index is 12.3. The Hall–Kier alpha value is -1.42. The highest BCUT2D eigenvalue weighted by molar-refractivity contribution is 5.94. The summed E-state index contributed by atoms with van der Waals surface area (Å²) in [6.45, 7) is 3.98. The summed E-state index contributed by atoms with van der Waals surface area (Å²) in [6, 6.07) is 3.54. The first-order valence-electron chi connectivity index (χ1n) is 6.55. The number of carbonyl (C=O) groups excluding carboxylic acids is 1. The minimum absolute atomic E-state index is 0.0614. The summed E-state index contributed by atoms with van der Waals surface area (Å²) in [4.78, 5) is 18.4. The average Bonchev–Trinajstić information content (AvgIpc) is 2.39. The van der Waals surface area contributed by atoms with Gasteiger partial charge in [-0.05, 0) is 30.9 Å². The van der Waals surface area contributed by atoms with E-state index in [1.54, 1.807) is 18.3 Å². The van der Waals surface area contributed by atoms with Crippen molar-refractivity contribution in [2.24, 2.45) is 5.92 Å². The Kier molecular flexibility index (Phi) is 4.31. The van der Waals surface area contributed by atoms with Gasteiger partial charge in [0.1, 0.15) is 0 Å². The van der Waals surface area contributed by atoms with E-state index >= 15 is 0 Å². The molecule has 1 N–H and O–H groups in total. The lowest BCUT2D eigenvalue weighted by atomic mass is 9.98. The van der Waals surface area contributed by atoms with Crippen molar-refractivity contribution in [3.63, 3.8) is 0 Å². The topological polar surface area (TPSA) is 53.4 Å². The molecular formula is C14H20N2O2. The molecule has 4 nitrogen and oxygen atoms in total. The molecule has 1 fully saturated rings. The SMILES string of the molecule is CC1CCN(C(=O)c2ccnc(CCO)c2)CC1. The number of aromatic nitrogens is 1. The summed E-state index contributed by atoms with van der Waals surface area (Å²) in [7, 11) is 0. The fraction of sp³-hybridized carbons (Fsp3) is 0.571. The summed E-state index contributed by atoms with van der Waals surface area (Å²) in [6.07, 6.45) is 4.31. The van der Waals surface area contributed by atoms with Gasteiger partial charge in [-0.25, -0.2) is 0 Å². The normalized spacial score (nSPS) is 16.9. The zero-order chi connectivity index (χ0) is 13.0. The third kappa shape index (κ3) is 3.07. The molecule has 1 aromatic heterocycles. The van der Waals surface area contributed by atoms with Gasteiger partial charge in [0.2, 0.25) is 0 Å².